The summed E-state index contributed by atoms with van der Waals surface area (Å²) in [7, 11) is 0. The first-order chi connectivity index (χ1) is 4.97. The second-order valence-electron chi connectivity index (χ2n) is 3.95. The van der Waals surface area contributed by atoms with Crippen molar-refractivity contribution in [2.24, 2.45) is 5.41 Å². The molecule has 0 atom stereocenters. The summed E-state index contributed by atoms with van der Waals surface area (Å²) in [4.78, 5) is 0. The van der Waals surface area contributed by atoms with Crippen LogP contribution in [0.25, 0.3) is 0 Å². The molecule has 0 spiro atoms. The third-order valence-corrected chi connectivity index (χ3v) is 1.32. The van der Waals surface area contributed by atoms with E-state index in [4.69, 9.17) is 0 Å². The third-order valence-electron chi connectivity index (χ3n) is 1.32. The van der Waals surface area contributed by atoms with Gasteiger partial charge in [0.25, 0.3) is 0 Å². The first-order valence-electron chi connectivity index (χ1n) is 3.67. The van der Waals surface area contributed by atoms with Gasteiger partial charge in [-0.25, -0.2) is 0 Å². The monoisotopic (exact) mass is 156 g/mol. The summed E-state index contributed by atoms with van der Waals surface area (Å²) >= 11 is 0. The molecule has 0 saturated carbocycles. The van der Waals surface area contributed by atoms with E-state index in [0.29, 0.717) is 0 Å². The van der Waals surface area contributed by atoms with Crippen molar-refractivity contribution in [3.05, 3.63) is 17.7 Å². The lowest BCUT2D eigenvalue weighted by atomic mass is 9.91. The molecule has 1 heterocycles. The van der Waals surface area contributed by atoms with Crippen molar-refractivity contribution in [2.45, 2.75) is 27.2 Å². The van der Waals surface area contributed by atoms with Crippen LogP contribution in [0.1, 0.15) is 26.5 Å². The molecule has 1 aromatic heterocycles. The fourth-order valence-corrected chi connectivity index (χ4v) is 0.995. The zero-order chi connectivity index (χ0) is 8.48. The fraction of sp³-hybridized carbons (Fsp3) is 0.625. The highest BCUT2D eigenvalue weighted by atomic mass is 19.1. The molecule has 62 valence electrons. The van der Waals surface area contributed by atoms with E-state index in [9.17, 15) is 4.39 Å². The number of H-pyrrole nitrogens is 1. The Labute approximate surface area is 65.8 Å². The zero-order valence-corrected chi connectivity index (χ0v) is 7.11. The van der Waals surface area contributed by atoms with Crippen molar-refractivity contribution in [3.8, 4) is 0 Å². The Balaban J connectivity index is 2.65. The zero-order valence-electron chi connectivity index (χ0n) is 7.11. The van der Waals surface area contributed by atoms with Crippen LogP contribution in [0.4, 0.5) is 4.39 Å². The molecule has 0 aromatic carbocycles. The first-order valence-corrected chi connectivity index (χ1v) is 3.67. The van der Waals surface area contributed by atoms with Crippen LogP contribution >= 0.6 is 0 Å². The summed E-state index contributed by atoms with van der Waals surface area (Å²) in [6.45, 7) is 6.31. The Bertz CT molecular complexity index is 234. The first kappa shape index (κ1) is 8.24. The van der Waals surface area contributed by atoms with Gasteiger partial charge in [-0.1, -0.05) is 20.8 Å². The number of aromatic amines is 1. The Kier molecular flexibility index (Phi) is 1.98. The highest BCUT2D eigenvalue weighted by molar-refractivity contribution is 5.01. The van der Waals surface area contributed by atoms with Crippen LogP contribution in [0.5, 0.6) is 0 Å². The van der Waals surface area contributed by atoms with Crippen molar-refractivity contribution >= 4 is 0 Å². The van der Waals surface area contributed by atoms with E-state index in [2.05, 4.69) is 31.0 Å². The number of halogens is 1. The summed E-state index contributed by atoms with van der Waals surface area (Å²) in [5.74, 6) is -0.427. The van der Waals surface area contributed by atoms with Crippen LogP contribution in [0.15, 0.2) is 6.07 Å². The number of rotatable bonds is 1. The van der Waals surface area contributed by atoms with Crippen molar-refractivity contribution < 1.29 is 4.39 Å². The largest absolute Gasteiger partial charge is 0.280 e. The molecular weight excluding hydrogens is 143 g/mol. The van der Waals surface area contributed by atoms with Gasteiger partial charge >= 0.3 is 0 Å². The van der Waals surface area contributed by atoms with E-state index in [0.717, 1.165) is 12.1 Å². The van der Waals surface area contributed by atoms with Crippen LogP contribution in [0.3, 0.4) is 0 Å². The molecule has 1 aromatic rings. The Morgan fingerprint density at radius 3 is 2.55 bits per heavy atom. The van der Waals surface area contributed by atoms with E-state index in [1.54, 1.807) is 0 Å². The van der Waals surface area contributed by atoms with Crippen LogP contribution in [0.2, 0.25) is 0 Å². The minimum Gasteiger partial charge on any atom is -0.280 e. The standard InChI is InChI=1S/C8H13FN2/c1-8(2,3)5-6-4-7(9)11-10-6/h4H,5H2,1-3H3,(H,10,11). The summed E-state index contributed by atoms with van der Waals surface area (Å²) < 4.78 is 12.4. The summed E-state index contributed by atoms with van der Waals surface area (Å²) in [5.41, 5.74) is 1.04. The molecule has 1 N–H and O–H groups in total. The average Bonchev–Trinajstić information content (AvgIpc) is 2.10. The molecule has 0 unspecified atom stereocenters. The van der Waals surface area contributed by atoms with Gasteiger partial charge in [0.1, 0.15) is 0 Å². The van der Waals surface area contributed by atoms with Crippen molar-refractivity contribution in [3.63, 3.8) is 0 Å². The van der Waals surface area contributed by atoms with E-state index >= 15 is 0 Å². The Morgan fingerprint density at radius 2 is 2.18 bits per heavy atom. The van der Waals surface area contributed by atoms with Crippen LogP contribution in [0, 0.1) is 11.4 Å². The molecule has 0 aliphatic carbocycles. The predicted octanol–water partition coefficient (Wildman–Crippen LogP) is 2.14. The minimum absolute atomic E-state index is 0.180. The maximum absolute atomic E-state index is 12.4. The molecule has 0 aliphatic heterocycles. The highest BCUT2D eigenvalue weighted by Gasteiger charge is 2.12. The van der Waals surface area contributed by atoms with Crippen LogP contribution in [-0.2, 0) is 6.42 Å². The Morgan fingerprint density at radius 1 is 1.55 bits per heavy atom. The summed E-state index contributed by atoms with van der Waals surface area (Å²) in [6.07, 6.45) is 0.823. The lowest BCUT2D eigenvalue weighted by Gasteiger charge is -2.15. The van der Waals surface area contributed by atoms with E-state index in [1.165, 1.54) is 6.07 Å². The van der Waals surface area contributed by atoms with E-state index in [-0.39, 0.29) is 5.41 Å². The second kappa shape index (κ2) is 2.64. The third kappa shape index (κ3) is 2.70. The van der Waals surface area contributed by atoms with Gasteiger partial charge in [-0.2, -0.15) is 4.39 Å². The maximum Gasteiger partial charge on any atom is 0.232 e. The number of nitrogens with one attached hydrogen (secondary N) is 1. The lowest BCUT2D eigenvalue weighted by molar-refractivity contribution is 0.406. The van der Waals surface area contributed by atoms with Crippen molar-refractivity contribution in [1.29, 1.82) is 0 Å². The van der Waals surface area contributed by atoms with Gasteiger partial charge in [0.2, 0.25) is 5.95 Å². The van der Waals surface area contributed by atoms with Gasteiger partial charge in [0.05, 0.1) is 0 Å². The normalized spacial score (nSPS) is 12.0. The van der Waals surface area contributed by atoms with E-state index < -0.39 is 5.95 Å². The molecule has 3 heteroatoms. The molecule has 0 radical (unpaired) electrons. The second-order valence-corrected chi connectivity index (χ2v) is 3.95. The van der Waals surface area contributed by atoms with Gasteiger partial charge in [0, 0.05) is 11.8 Å². The number of hydrogen-bond acceptors (Lipinski definition) is 1. The fourth-order valence-electron chi connectivity index (χ4n) is 0.995. The molecule has 0 saturated heterocycles. The van der Waals surface area contributed by atoms with Gasteiger partial charge in [-0.15, -0.1) is 5.10 Å². The predicted molar refractivity (Wildman–Crippen MR) is 41.7 cm³/mol. The summed E-state index contributed by atoms with van der Waals surface area (Å²) in [5, 5.41) is 6.05. The average molecular weight is 156 g/mol. The minimum atomic E-state index is -0.427. The van der Waals surface area contributed by atoms with Crippen molar-refractivity contribution in [2.75, 3.05) is 0 Å². The maximum atomic E-state index is 12.4. The molecule has 0 bridgehead atoms. The topological polar surface area (TPSA) is 28.7 Å². The van der Waals surface area contributed by atoms with Crippen LogP contribution in [-0.4, -0.2) is 10.2 Å². The molecule has 2 nitrogen and oxygen atoms in total. The SMILES string of the molecule is CC(C)(C)Cc1cc(F)n[nH]1. The van der Waals surface area contributed by atoms with Crippen LogP contribution < -0.4 is 0 Å². The van der Waals surface area contributed by atoms with Gasteiger partial charge < -0.3 is 0 Å². The molecule has 11 heavy (non-hydrogen) atoms. The smallest absolute Gasteiger partial charge is 0.232 e. The van der Waals surface area contributed by atoms with Gasteiger partial charge in [-0.05, 0) is 11.8 Å². The Hall–Kier alpha value is -0.860. The molecular formula is C8H13FN2. The number of nitrogens with zero attached hydrogens (tertiary/aromatic N) is 1. The molecule has 1 rings (SSSR count). The summed E-state index contributed by atoms with van der Waals surface area (Å²) in [6, 6.07) is 1.44. The lowest BCUT2D eigenvalue weighted by Crippen LogP contribution is -2.09. The van der Waals surface area contributed by atoms with Gasteiger partial charge in [0.15, 0.2) is 0 Å². The number of hydrogen-bond donors (Lipinski definition) is 1. The van der Waals surface area contributed by atoms with E-state index in [1.807, 2.05) is 0 Å². The molecule has 0 aliphatic rings. The molecule has 0 fully saturated rings. The van der Waals surface area contributed by atoms with Crippen molar-refractivity contribution in [1.82, 2.24) is 10.2 Å². The molecule has 0 amide bonds. The van der Waals surface area contributed by atoms with Gasteiger partial charge in [-0.3, -0.25) is 5.10 Å². The highest BCUT2D eigenvalue weighted by Crippen LogP contribution is 2.18. The number of aromatic nitrogens is 2. The quantitative estimate of drug-likeness (QED) is 0.663.